The fourth-order valence-corrected chi connectivity index (χ4v) is 1.73. The molecule has 0 radical (unpaired) electrons. The summed E-state index contributed by atoms with van der Waals surface area (Å²) in [5, 5.41) is 9.05. The van der Waals surface area contributed by atoms with Gasteiger partial charge in [0.1, 0.15) is 0 Å². The number of benzene rings is 1. The summed E-state index contributed by atoms with van der Waals surface area (Å²) in [5.41, 5.74) is 0.461. The van der Waals surface area contributed by atoms with Crippen LogP contribution in [0.4, 0.5) is 0 Å². The van der Waals surface area contributed by atoms with E-state index < -0.39 is 5.97 Å². The summed E-state index contributed by atoms with van der Waals surface area (Å²) in [7, 11) is 1.57. The smallest absolute Gasteiger partial charge is 0.305 e. The van der Waals surface area contributed by atoms with Crippen LogP contribution in [0.3, 0.4) is 0 Å². The molecule has 1 aromatic rings. The fourth-order valence-electron chi connectivity index (χ4n) is 1.21. The molecule has 1 rings (SSSR count). The summed E-state index contributed by atoms with van der Waals surface area (Å²) in [6.45, 7) is 0.178. The van der Waals surface area contributed by atoms with Crippen LogP contribution < -0.4 is 0 Å². The number of carboxylic acids is 1. The normalized spacial score (nSPS) is 10.1. The summed E-state index contributed by atoms with van der Waals surface area (Å²) in [5.74, 6) is -1.16. The molecule has 0 bridgehead atoms. The van der Waals surface area contributed by atoms with Crippen LogP contribution in [0.2, 0.25) is 5.02 Å². The highest BCUT2D eigenvalue weighted by Gasteiger charge is 2.13. The van der Waals surface area contributed by atoms with E-state index in [1.807, 2.05) is 0 Å². The minimum atomic E-state index is -0.926. The number of carbonyl (C=O) groups is 2. The number of carboxylic acid groups (broad SMARTS) is 1. The molecule has 6 heteroatoms. The van der Waals surface area contributed by atoms with Gasteiger partial charge in [-0.1, -0.05) is 11.6 Å². The molecule has 17 heavy (non-hydrogen) atoms. The van der Waals surface area contributed by atoms with Crippen molar-refractivity contribution < 1.29 is 14.7 Å². The summed E-state index contributed by atoms with van der Waals surface area (Å²) in [6, 6.07) is 5.01. The fraction of sp³-hybridized carbons (Fsp3) is 0.273. The van der Waals surface area contributed by atoms with Gasteiger partial charge in [-0.15, -0.1) is 0 Å². The van der Waals surface area contributed by atoms with Crippen molar-refractivity contribution in [3.63, 3.8) is 0 Å². The van der Waals surface area contributed by atoms with Crippen molar-refractivity contribution in [1.29, 1.82) is 0 Å². The van der Waals surface area contributed by atoms with Crippen molar-refractivity contribution in [2.75, 3.05) is 13.6 Å². The summed E-state index contributed by atoms with van der Waals surface area (Å²) in [6.07, 6.45) is -0.0691. The lowest BCUT2D eigenvalue weighted by Crippen LogP contribution is -2.29. The number of carbonyl (C=O) groups excluding carboxylic acids is 1. The first kappa shape index (κ1) is 14.2. The highest BCUT2D eigenvalue weighted by molar-refractivity contribution is 14.1. The lowest BCUT2D eigenvalue weighted by Gasteiger charge is -2.16. The maximum absolute atomic E-state index is 11.9. The Bertz CT molecular complexity index is 450. The Labute approximate surface area is 118 Å². The first-order chi connectivity index (χ1) is 7.91. The molecule has 0 heterocycles. The Morgan fingerprint density at radius 1 is 1.47 bits per heavy atom. The Balaban J connectivity index is 2.74. The number of hydrogen-bond donors (Lipinski definition) is 1. The minimum absolute atomic E-state index is 0.0691. The summed E-state index contributed by atoms with van der Waals surface area (Å²) >= 11 is 7.99. The number of halogens is 2. The van der Waals surface area contributed by atoms with Crippen molar-refractivity contribution in [2.45, 2.75) is 6.42 Å². The van der Waals surface area contributed by atoms with Crippen molar-refractivity contribution in [3.05, 3.63) is 32.4 Å². The first-order valence-corrected chi connectivity index (χ1v) is 6.30. The van der Waals surface area contributed by atoms with Crippen LogP contribution in [0.5, 0.6) is 0 Å². The Hall–Kier alpha value is -0.820. The second kappa shape index (κ2) is 6.20. The molecule has 0 spiro atoms. The van der Waals surface area contributed by atoms with E-state index >= 15 is 0 Å². The Morgan fingerprint density at radius 3 is 2.65 bits per heavy atom. The largest absolute Gasteiger partial charge is 0.481 e. The average molecular weight is 368 g/mol. The van der Waals surface area contributed by atoms with Gasteiger partial charge in [0.25, 0.3) is 5.91 Å². The van der Waals surface area contributed by atoms with E-state index in [2.05, 4.69) is 22.6 Å². The third-order valence-corrected chi connectivity index (χ3v) is 3.75. The molecule has 1 aromatic carbocycles. The van der Waals surface area contributed by atoms with Gasteiger partial charge in [0.15, 0.2) is 0 Å². The molecule has 0 saturated heterocycles. The number of rotatable bonds is 4. The second-order valence-electron chi connectivity index (χ2n) is 3.50. The van der Waals surface area contributed by atoms with E-state index in [0.29, 0.717) is 10.6 Å². The lowest BCUT2D eigenvalue weighted by atomic mass is 10.2. The van der Waals surface area contributed by atoms with Gasteiger partial charge in [-0.2, -0.15) is 0 Å². The second-order valence-corrected chi connectivity index (χ2v) is 5.07. The highest BCUT2D eigenvalue weighted by atomic mass is 127. The van der Waals surface area contributed by atoms with Gasteiger partial charge >= 0.3 is 5.97 Å². The zero-order chi connectivity index (χ0) is 13.0. The maximum atomic E-state index is 11.9. The van der Waals surface area contributed by atoms with Gasteiger partial charge in [0.2, 0.25) is 0 Å². The molecule has 4 nitrogen and oxygen atoms in total. The third-order valence-electron chi connectivity index (χ3n) is 2.17. The molecule has 0 aliphatic rings. The predicted molar refractivity (Wildman–Crippen MR) is 73.4 cm³/mol. The van der Waals surface area contributed by atoms with Crippen LogP contribution in [0.1, 0.15) is 16.8 Å². The Kier molecular flexibility index (Phi) is 5.20. The molecular formula is C11H11ClINO3. The molecule has 92 valence electrons. The molecule has 0 aromatic heterocycles. The molecule has 0 saturated carbocycles. The third kappa shape index (κ3) is 4.16. The molecule has 0 fully saturated rings. The van der Waals surface area contributed by atoms with Crippen molar-refractivity contribution in [2.24, 2.45) is 0 Å². The van der Waals surface area contributed by atoms with Crippen molar-refractivity contribution >= 4 is 46.1 Å². The molecular weight excluding hydrogens is 356 g/mol. The quantitative estimate of drug-likeness (QED) is 0.832. The monoisotopic (exact) mass is 367 g/mol. The van der Waals surface area contributed by atoms with Crippen LogP contribution in [0, 0.1) is 3.57 Å². The van der Waals surface area contributed by atoms with E-state index in [4.69, 9.17) is 16.7 Å². The van der Waals surface area contributed by atoms with Gasteiger partial charge < -0.3 is 10.0 Å². The Morgan fingerprint density at radius 2 is 2.12 bits per heavy atom. The lowest BCUT2D eigenvalue weighted by molar-refractivity contribution is -0.137. The molecule has 1 amide bonds. The SMILES string of the molecule is CN(CCC(=O)O)C(=O)c1ccc(I)c(Cl)c1. The van der Waals surface area contributed by atoms with Crippen LogP contribution in [-0.2, 0) is 4.79 Å². The van der Waals surface area contributed by atoms with E-state index in [1.165, 1.54) is 4.90 Å². The molecule has 1 N–H and O–H groups in total. The zero-order valence-electron chi connectivity index (χ0n) is 9.11. The van der Waals surface area contributed by atoms with Crippen LogP contribution in [0.25, 0.3) is 0 Å². The van der Waals surface area contributed by atoms with Crippen molar-refractivity contribution in [3.8, 4) is 0 Å². The van der Waals surface area contributed by atoms with Crippen molar-refractivity contribution in [1.82, 2.24) is 4.90 Å². The van der Waals surface area contributed by atoms with E-state index in [9.17, 15) is 9.59 Å². The topological polar surface area (TPSA) is 57.6 Å². The van der Waals surface area contributed by atoms with Crippen LogP contribution in [0.15, 0.2) is 18.2 Å². The molecule has 0 aliphatic carbocycles. The first-order valence-electron chi connectivity index (χ1n) is 4.84. The summed E-state index contributed by atoms with van der Waals surface area (Å²) in [4.78, 5) is 23.7. The molecule has 0 aliphatic heterocycles. The number of amides is 1. The van der Waals surface area contributed by atoms with Gasteiger partial charge in [-0.05, 0) is 40.8 Å². The van der Waals surface area contributed by atoms with E-state index in [0.717, 1.165) is 3.57 Å². The van der Waals surface area contributed by atoms with Crippen LogP contribution >= 0.6 is 34.2 Å². The van der Waals surface area contributed by atoms with E-state index in [1.54, 1.807) is 25.2 Å². The number of aliphatic carboxylic acids is 1. The number of nitrogens with zero attached hydrogens (tertiary/aromatic N) is 1. The molecule has 0 atom stereocenters. The maximum Gasteiger partial charge on any atom is 0.305 e. The van der Waals surface area contributed by atoms with Gasteiger partial charge in [-0.25, -0.2) is 0 Å². The number of hydrogen-bond acceptors (Lipinski definition) is 2. The predicted octanol–water partition coefficient (Wildman–Crippen LogP) is 2.49. The highest BCUT2D eigenvalue weighted by Crippen LogP contribution is 2.20. The standard InChI is InChI=1S/C11H11ClINO3/c1-14(5-4-10(15)16)11(17)7-2-3-9(13)8(12)6-7/h2-3,6H,4-5H2,1H3,(H,15,16). The van der Waals surface area contributed by atoms with E-state index in [-0.39, 0.29) is 18.9 Å². The summed E-state index contributed by atoms with van der Waals surface area (Å²) < 4.78 is 0.869. The van der Waals surface area contributed by atoms with Crippen LogP contribution in [-0.4, -0.2) is 35.5 Å². The zero-order valence-corrected chi connectivity index (χ0v) is 12.0. The van der Waals surface area contributed by atoms with Gasteiger partial charge in [0.05, 0.1) is 11.4 Å². The van der Waals surface area contributed by atoms with Gasteiger partial charge in [0, 0.05) is 22.7 Å². The molecule has 0 unspecified atom stereocenters. The minimum Gasteiger partial charge on any atom is -0.481 e. The van der Waals surface area contributed by atoms with Gasteiger partial charge in [-0.3, -0.25) is 9.59 Å². The average Bonchev–Trinajstić information content (AvgIpc) is 2.28.